The molecule has 0 atom stereocenters. The molecule has 0 radical (unpaired) electrons. The Morgan fingerprint density at radius 2 is 2.20 bits per heavy atom. The van der Waals surface area contributed by atoms with Crippen LogP contribution in [0.2, 0.25) is 0 Å². The molecule has 0 aliphatic heterocycles. The van der Waals surface area contributed by atoms with E-state index in [9.17, 15) is 4.39 Å². The van der Waals surface area contributed by atoms with Gasteiger partial charge in [-0.1, -0.05) is 6.07 Å². The van der Waals surface area contributed by atoms with Gasteiger partial charge in [0.15, 0.2) is 5.82 Å². The third kappa shape index (κ3) is 2.29. The molecule has 0 unspecified atom stereocenters. The zero-order valence-electron chi connectivity index (χ0n) is 11.1. The largest absolute Gasteiger partial charge is 0.323 e. The van der Waals surface area contributed by atoms with Crippen LogP contribution in [0.15, 0.2) is 30.6 Å². The van der Waals surface area contributed by atoms with Gasteiger partial charge < -0.3 is 4.57 Å². The van der Waals surface area contributed by atoms with Crippen molar-refractivity contribution in [1.29, 1.82) is 0 Å². The first-order valence-corrected chi connectivity index (χ1v) is 6.89. The van der Waals surface area contributed by atoms with Gasteiger partial charge in [-0.05, 0) is 12.1 Å². The zero-order valence-corrected chi connectivity index (χ0v) is 11.8. The standard InChI is InChI=1S/C14H14ClFN4/c1-19-8-10(7-17-19)9-20-12-4-2-3-11(16)14(12)18-13(20)5-6-15/h2-4,7-8H,5-6,9H2,1H3. The average molecular weight is 293 g/mol. The van der Waals surface area contributed by atoms with E-state index in [1.807, 2.05) is 23.9 Å². The van der Waals surface area contributed by atoms with Crippen LogP contribution < -0.4 is 0 Å². The maximum Gasteiger partial charge on any atom is 0.151 e. The Morgan fingerprint density at radius 3 is 2.90 bits per heavy atom. The van der Waals surface area contributed by atoms with E-state index >= 15 is 0 Å². The monoisotopic (exact) mass is 292 g/mol. The van der Waals surface area contributed by atoms with E-state index in [1.165, 1.54) is 6.07 Å². The highest BCUT2D eigenvalue weighted by Crippen LogP contribution is 2.21. The number of halogens is 2. The van der Waals surface area contributed by atoms with Crippen LogP contribution >= 0.6 is 11.6 Å². The fraction of sp³-hybridized carbons (Fsp3) is 0.286. The molecule has 0 bridgehead atoms. The lowest BCUT2D eigenvalue weighted by atomic mass is 10.3. The fourth-order valence-corrected chi connectivity index (χ4v) is 2.52. The lowest BCUT2D eigenvalue weighted by Crippen LogP contribution is -2.05. The van der Waals surface area contributed by atoms with Gasteiger partial charge in [-0.3, -0.25) is 4.68 Å². The predicted octanol–water partition coefficient (Wildman–Crippen LogP) is 2.74. The van der Waals surface area contributed by atoms with Gasteiger partial charge >= 0.3 is 0 Å². The molecule has 2 heterocycles. The van der Waals surface area contributed by atoms with E-state index < -0.39 is 0 Å². The molecule has 0 saturated carbocycles. The maximum atomic E-state index is 13.8. The van der Waals surface area contributed by atoms with E-state index in [4.69, 9.17) is 11.6 Å². The molecule has 4 nitrogen and oxygen atoms in total. The molecule has 0 fully saturated rings. The van der Waals surface area contributed by atoms with E-state index in [2.05, 4.69) is 10.1 Å². The summed E-state index contributed by atoms with van der Waals surface area (Å²) in [5.41, 5.74) is 2.23. The van der Waals surface area contributed by atoms with E-state index in [0.717, 1.165) is 16.9 Å². The second kappa shape index (κ2) is 5.25. The SMILES string of the molecule is Cn1cc(Cn2c(CCCl)nc3c(F)cccc32)cn1. The third-order valence-electron chi connectivity index (χ3n) is 3.23. The minimum atomic E-state index is -0.303. The normalized spacial score (nSPS) is 11.3. The van der Waals surface area contributed by atoms with Crippen LogP contribution in [0.5, 0.6) is 0 Å². The van der Waals surface area contributed by atoms with Crippen molar-refractivity contribution >= 4 is 22.6 Å². The Balaban J connectivity index is 2.11. The van der Waals surface area contributed by atoms with Gasteiger partial charge in [-0.15, -0.1) is 11.6 Å². The lowest BCUT2D eigenvalue weighted by molar-refractivity contribution is 0.637. The van der Waals surface area contributed by atoms with Crippen LogP contribution in [0, 0.1) is 5.82 Å². The number of imidazole rings is 1. The van der Waals surface area contributed by atoms with Crippen molar-refractivity contribution in [3.63, 3.8) is 0 Å². The Kier molecular flexibility index (Phi) is 3.44. The smallest absolute Gasteiger partial charge is 0.151 e. The Labute approximate surface area is 120 Å². The average Bonchev–Trinajstić information content (AvgIpc) is 2.97. The van der Waals surface area contributed by atoms with Gasteiger partial charge in [0.2, 0.25) is 0 Å². The number of fused-ring (bicyclic) bond motifs is 1. The topological polar surface area (TPSA) is 35.6 Å². The van der Waals surface area contributed by atoms with Crippen molar-refractivity contribution in [3.8, 4) is 0 Å². The molecule has 104 valence electrons. The molecular weight excluding hydrogens is 279 g/mol. The summed E-state index contributed by atoms with van der Waals surface area (Å²) in [6.45, 7) is 0.611. The van der Waals surface area contributed by atoms with Crippen LogP contribution in [-0.4, -0.2) is 25.2 Å². The van der Waals surface area contributed by atoms with E-state index in [0.29, 0.717) is 24.4 Å². The second-order valence-corrected chi connectivity index (χ2v) is 5.06. The lowest BCUT2D eigenvalue weighted by Gasteiger charge is -2.06. The number of para-hydroxylation sites is 1. The molecule has 0 aliphatic rings. The van der Waals surface area contributed by atoms with Crippen molar-refractivity contribution in [2.24, 2.45) is 7.05 Å². The van der Waals surface area contributed by atoms with Gasteiger partial charge in [0.05, 0.1) is 18.3 Å². The Morgan fingerprint density at radius 1 is 1.35 bits per heavy atom. The molecule has 2 aromatic heterocycles. The van der Waals surface area contributed by atoms with Crippen LogP contribution in [0.1, 0.15) is 11.4 Å². The zero-order chi connectivity index (χ0) is 14.1. The molecule has 0 amide bonds. The van der Waals surface area contributed by atoms with Gasteiger partial charge in [0, 0.05) is 31.1 Å². The molecule has 0 spiro atoms. The summed E-state index contributed by atoms with van der Waals surface area (Å²) >= 11 is 5.82. The number of alkyl halides is 1. The van der Waals surface area contributed by atoms with Crippen LogP contribution in [0.4, 0.5) is 4.39 Å². The number of rotatable bonds is 4. The van der Waals surface area contributed by atoms with Gasteiger partial charge in [-0.25, -0.2) is 9.37 Å². The summed E-state index contributed by atoms with van der Waals surface area (Å²) in [6.07, 6.45) is 4.35. The molecule has 3 aromatic rings. The highest BCUT2D eigenvalue weighted by molar-refractivity contribution is 6.17. The molecule has 3 rings (SSSR count). The molecule has 0 aliphatic carbocycles. The number of hydrogen-bond acceptors (Lipinski definition) is 2. The first kappa shape index (κ1) is 13.1. The molecule has 0 N–H and O–H groups in total. The van der Waals surface area contributed by atoms with Crippen molar-refractivity contribution in [2.45, 2.75) is 13.0 Å². The number of aryl methyl sites for hydroxylation is 2. The van der Waals surface area contributed by atoms with Gasteiger partial charge in [-0.2, -0.15) is 5.10 Å². The summed E-state index contributed by atoms with van der Waals surface area (Å²) in [5.74, 6) is 0.949. The molecule has 0 saturated heterocycles. The summed E-state index contributed by atoms with van der Waals surface area (Å²) in [5, 5.41) is 4.15. The summed E-state index contributed by atoms with van der Waals surface area (Å²) in [4.78, 5) is 4.38. The highest BCUT2D eigenvalue weighted by atomic mass is 35.5. The van der Waals surface area contributed by atoms with Crippen molar-refractivity contribution in [1.82, 2.24) is 19.3 Å². The third-order valence-corrected chi connectivity index (χ3v) is 3.41. The highest BCUT2D eigenvalue weighted by Gasteiger charge is 2.14. The summed E-state index contributed by atoms with van der Waals surface area (Å²) in [7, 11) is 1.87. The van der Waals surface area contributed by atoms with Crippen LogP contribution in [0.3, 0.4) is 0 Å². The Bertz CT molecular complexity index is 747. The van der Waals surface area contributed by atoms with Crippen LogP contribution in [-0.2, 0) is 20.0 Å². The number of aromatic nitrogens is 4. The first-order chi connectivity index (χ1) is 9.69. The first-order valence-electron chi connectivity index (χ1n) is 6.36. The summed E-state index contributed by atoms with van der Waals surface area (Å²) < 4.78 is 17.6. The molecule has 6 heteroatoms. The number of benzene rings is 1. The van der Waals surface area contributed by atoms with Crippen molar-refractivity contribution < 1.29 is 4.39 Å². The van der Waals surface area contributed by atoms with Crippen molar-refractivity contribution in [3.05, 3.63) is 47.8 Å². The minimum Gasteiger partial charge on any atom is -0.323 e. The fourth-order valence-electron chi connectivity index (χ4n) is 2.35. The molecular formula is C14H14ClFN4. The number of hydrogen-bond donors (Lipinski definition) is 0. The molecule has 20 heavy (non-hydrogen) atoms. The van der Waals surface area contributed by atoms with Crippen molar-refractivity contribution in [2.75, 3.05) is 5.88 Å². The quantitative estimate of drug-likeness (QED) is 0.693. The number of nitrogens with zero attached hydrogens (tertiary/aromatic N) is 4. The second-order valence-electron chi connectivity index (χ2n) is 4.68. The van der Waals surface area contributed by atoms with E-state index in [-0.39, 0.29) is 5.82 Å². The minimum absolute atomic E-state index is 0.303. The Hall–Kier alpha value is -1.88. The predicted molar refractivity (Wildman–Crippen MR) is 76.4 cm³/mol. The van der Waals surface area contributed by atoms with Crippen LogP contribution in [0.25, 0.3) is 11.0 Å². The van der Waals surface area contributed by atoms with Gasteiger partial charge in [0.1, 0.15) is 11.3 Å². The summed E-state index contributed by atoms with van der Waals surface area (Å²) in [6, 6.07) is 5.00. The molecule has 1 aromatic carbocycles. The maximum absolute atomic E-state index is 13.8. The van der Waals surface area contributed by atoms with Gasteiger partial charge in [0.25, 0.3) is 0 Å². The van der Waals surface area contributed by atoms with E-state index in [1.54, 1.807) is 16.9 Å².